The van der Waals surface area contributed by atoms with Gasteiger partial charge in [0.15, 0.2) is 16.0 Å². The quantitative estimate of drug-likeness (QED) is 0.811. The largest absolute Gasteiger partial charge is 0.323 e. The summed E-state index contributed by atoms with van der Waals surface area (Å²) in [5, 5.41) is 6.84. The molecule has 0 aromatic carbocycles. The van der Waals surface area contributed by atoms with E-state index in [0.717, 1.165) is 0 Å². The van der Waals surface area contributed by atoms with Crippen molar-refractivity contribution in [2.45, 2.75) is 13.8 Å². The van der Waals surface area contributed by atoms with Crippen molar-refractivity contribution in [2.75, 3.05) is 5.32 Å². The van der Waals surface area contributed by atoms with Crippen LogP contribution in [0.5, 0.6) is 0 Å². The molecule has 1 aliphatic rings. The molecular formula is C10H12N4O3S. The van der Waals surface area contributed by atoms with Crippen LogP contribution in [0, 0.1) is 5.92 Å². The van der Waals surface area contributed by atoms with Gasteiger partial charge < -0.3 is 5.32 Å². The lowest BCUT2D eigenvalue weighted by atomic mass is 10.2. The molecule has 2 rings (SSSR count). The van der Waals surface area contributed by atoms with Crippen molar-refractivity contribution in [3.05, 3.63) is 18.5 Å². The number of nitrogens with zero attached hydrogens (tertiary/aromatic N) is 2. The fraction of sp³-hybridized carbons (Fsp3) is 0.300. The molecule has 1 aromatic heterocycles. The minimum Gasteiger partial charge on any atom is -0.323 e. The summed E-state index contributed by atoms with van der Waals surface area (Å²) in [5.41, 5.74) is 0.492. The lowest BCUT2D eigenvalue weighted by molar-refractivity contribution is -0.119. The number of aromatic nitrogens is 2. The average molecular weight is 268 g/mol. The first-order valence-electron chi connectivity index (χ1n) is 5.27. The minimum atomic E-state index is -1.60. The number of anilines is 1. The van der Waals surface area contributed by atoms with Gasteiger partial charge in [0.05, 0.1) is 18.1 Å². The Bertz CT molecular complexity index is 561. The second-order valence-corrected chi connectivity index (χ2v) is 5.20. The van der Waals surface area contributed by atoms with Crippen molar-refractivity contribution >= 4 is 33.5 Å². The van der Waals surface area contributed by atoms with Crippen LogP contribution in [0.1, 0.15) is 13.8 Å². The molecule has 96 valence electrons. The molecule has 0 bridgehead atoms. The van der Waals surface area contributed by atoms with Gasteiger partial charge in [0.25, 0.3) is 5.91 Å². The smallest absolute Gasteiger partial charge is 0.258 e. The monoisotopic (exact) mass is 268 g/mol. The van der Waals surface area contributed by atoms with E-state index < -0.39 is 16.9 Å². The highest BCUT2D eigenvalue weighted by Crippen LogP contribution is 2.16. The second kappa shape index (κ2) is 4.73. The summed E-state index contributed by atoms with van der Waals surface area (Å²) in [5.74, 6) is -0.701. The highest BCUT2D eigenvalue weighted by molar-refractivity contribution is 7.93. The summed E-state index contributed by atoms with van der Waals surface area (Å²) in [6.07, 6.45) is 4.14. The molecule has 2 amide bonds. The molecule has 8 heteroatoms. The molecular weight excluding hydrogens is 256 g/mol. The fourth-order valence-corrected chi connectivity index (χ4v) is 2.11. The molecule has 0 saturated carbocycles. The van der Waals surface area contributed by atoms with Gasteiger partial charge in [0.2, 0.25) is 5.91 Å². The first-order valence-corrected chi connectivity index (χ1v) is 6.42. The van der Waals surface area contributed by atoms with Crippen molar-refractivity contribution in [1.82, 2.24) is 14.5 Å². The van der Waals surface area contributed by atoms with Crippen LogP contribution in [-0.2, 0) is 20.6 Å². The number of hydrogen-bond donors (Lipinski definition) is 2. The van der Waals surface area contributed by atoms with Crippen molar-refractivity contribution in [3.63, 3.8) is 0 Å². The van der Waals surface area contributed by atoms with E-state index in [9.17, 15) is 13.8 Å². The molecule has 2 N–H and O–H groups in total. The topological polar surface area (TPSA) is 93.1 Å². The van der Waals surface area contributed by atoms with E-state index in [1.54, 1.807) is 13.8 Å². The van der Waals surface area contributed by atoms with E-state index in [0.29, 0.717) is 5.69 Å². The van der Waals surface area contributed by atoms with Crippen LogP contribution in [0.15, 0.2) is 18.5 Å². The fourth-order valence-electron chi connectivity index (χ4n) is 1.28. The highest BCUT2D eigenvalue weighted by Gasteiger charge is 2.22. The molecule has 2 heterocycles. The van der Waals surface area contributed by atoms with Gasteiger partial charge in [-0.05, 0) is 0 Å². The molecule has 1 atom stereocenters. The number of nitrogens with one attached hydrogen (secondary N) is 2. The zero-order valence-electron chi connectivity index (χ0n) is 9.84. The van der Waals surface area contributed by atoms with Crippen LogP contribution in [0.4, 0.5) is 5.69 Å². The Balaban J connectivity index is 2.16. The van der Waals surface area contributed by atoms with Crippen LogP contribution in [-0.4, -0.2) is 25.8 Å². The molecule has 0 aliphatic carbocycles. The maximum Gasteiger partial charge on any atom is 0.258 e. The number of amides is 2. The number of rotatable bonds is 3. The Morgan fingerprint density at radius 2 is 2.28 bits per heavy atom. The third-order valence-electron chi connectivity index (χ3n) is 2.24. The van der Waals surface area contributed by atoms with Gasteiger partial charge in [-0.1, -0.05) is 13.8 Å². The summed E-state index contributed by atoms with van der Waals surface area (Å²) in [4.78, 5) is 22.5. The summed E-state index contributed by atoms with van der Waals surface area (Å²) in [6.45, 7) is 3.55. The van der Waals surface area contributed by atoms with Crippen molar-refractivity contribution < 1.29 is 13.8 Å². The Labute approximate surface area is 106 Å². The minimum absolute atomic E-state index is 0.134. The van der Waals surface area contributed by atoms with Crippen LogP contribution in [0.25, 0.3) is 5.03 Å². The Morgan fingerprint density at radius 1 is 1.56 bits per heavy atom. The third-order valence-corrected chi connectivity index (χ3v) is 3.31. The Hall–Kier alpha value is -1.96. The number of carbonyl (C=O) groups excluding carboxylic acids is 2. The molecule has 1 aromatic rings. The zero-order chi connectivity index (χ0) is 13.3. The molecule has 0 saturated heterocycles. The lowest BCUT2D eigenvalue weighted by Gasteiger charge is -2.04. The van der Waals surface area contributed by atoms with Gasteiger partial charge >= 0.3 is 0 Å². The summed E-state index contributed by atoms with van der Waals surface area (Å²) >= 11 is 0. The van der Waals surface area contributed by atoms with E-state index in [1.807, 2.05) is 0 Å². The normalized spacial score (nSPS) is 18.7. The zero-order valence-corrected chi connectivity index (χ0v) is 10.7. The van der Waals surface area contributed by atoms with Gasteiger partial charge in [-0.15, -0.1) is 0 Å². The molecule has 0 fully saturated rings. The molecule has 7 nitrogen and oxygen atoms in total. The predicted molar refractivity (Wildman–Crippen MR) is 66.3 cm³/mol. The SMILES string of the molecule is CC(C)C(=O)Nc1cnn(C2=CC(=O)NS2=O)c1. The third kappa shape index (κ3) is 2.48. The predicted octanol–water partition coefficient (Wildman–Crippen LogP) is 0.0695. The van der Waals surface area contributed by atoms with Crippen molar-refractivity contribution in [3.8, 4) is 0 Å². The summed E-state index contributed by atoms with van der Waals surface area (Å²) in [7, 11) is -1.60. The van der Waals surface area contributed by atoms with Gasteiger partial charge in [0.1, 0.15) is 0 Å². The van der Waals surface area contributed by atoms with E-state index >= 15 is 0 Å². The van der Waals surface area contributed by atoms with Gasteiger partial charge in [-0.2, -0.15) is 5.10 Å². The van der Waals surface area contributed by atoms with Crippen LogP contribution in [0.2, 0.25) is 0 Å². The summed E-state index contributed by atoms with van der Waals surface area (Å²) in [6, 6.07) is 0. The standard InChI is InChI=1S/C10H12N4O3S/c1-6(2)10(16)12-7-4-11-14(5-7)9-3-8(15)13-18(9)17/h3-6H,1-2H3,(H,12,16)(H,13,15). The van der Waals surface area contributed by atoms with Gasteiger partial charge in [-0.25, -0.2) is 8.89 Å². The second-order valence-electron chi connectivity index (χ2n) is 4.04. The molecule has 1 aliphatic heterocycles. The van der Waals surface area contributed by atoms with Gasteiger partial charge in [0, 0.05) is 12.0 Å². The highest BCUT2D eigenvalue weighted by atomic mass is 32.2. The maximum absolute atomic E-state index is 11.5. The van der Waals surface area contributed by atoms with E-state index in [2.05, 4.69) is 15.1 Å². The van der Waals surface area contributed by atoms with Crippen molar-refractivity contribution in [1.29, 1.82) is 0 Å². The first-order chi connectivity index (χ1) is 8.47. The van der Waals surface area contributed by atoms with E-state index in [1.165, 1.54) is 23.2 Å². The van der Waals surface area contributed by atoms with Gasteiger partial charge in [-0.3, -0.25) is 14.3 Å². The Kier molecular flexibility index (Phi) is 3.28. The number of carbonyl (C=O) groups is 2. The summed E-state index contributed by atoms with van der Waals surface area (Å²) < 4.78 is 15.0. The van der Waals surface area contributed by atoms with Crippen molar-refractivity contribution in [2.24, 2.45) is 5.92 Å². The van der Waals surface area contributed by atoms with E-state index in [4.69, 9.17) is 0 Å². The van der Waals surface area contributed by atoms with Crippen LogP contribution < -0.4 is 10.0 Å². The maximum atomic E-state index is 11.5. The Morgan fingerprint density at radius 3 is 2.83 bits per heavy atom. The molecule has 0 radical (unpaired) electrons. The molecule has 1 unspecified atom stereocenters. The lowest BCUT2D eigenvalue weighted by Crippen LogP contribution is -2.17. The first kappa shape index (κ1) is 12.5. The molecule has 0 spiro atoms. The average Bonchev–Trinajstić information content (AvgIpc) is 2.85. The number of hydrogen-bond acceptors (Lipinski definition) is 4. The molecule has 18 heavy (non-hydrogen) atoms. The van der Waals surface area contributed by atoms with Crippen LogP contribution in [0.3, 0.4) is 0 Å². The van der Waals surface area contributed by atoms with E-state index in [-0.39, 0.29) is 16.9 Å². The van der Waals surface area contributed by atoms with Crippen LogP contribution >= 0.6 is 0 Å².